The molecule has 154 valence electrons. The molecule has 0 radical (unpaired) electrons. The van der Waals surface area contributed by atoms with Crippen LogP contribution in [0.2, 0.25) is 5.04 Å². The van der Waals surface area contributed by atoms with Gasteiger partial charge in [0.15, 0.2) is 6.29 Å². The minimum atomic E-state index is -2.45. The van der Waals surface area contributed by atoms with Crippen molar-refractivity contribution in [2.24, 2.45) is 0 Å². The number of rotatable bonds is 7. The average Bonchev–Trinajstić information content (AvgIpc) is 3.24. The van der Waals surface area contributed by atoms with Gasteiger partial charge < -0.3 is 13.9 Å². The lowest BCUT2D eigenvalue weighted by molar-refractivity contribution is -0.0454. The summed E-state index contributed by atoms with van der Waals surface area (Å²) >= 11 is 0. The quantitative estimate of drug-likeness (QED) is 0.392. The monoisotopic (exact) mass is 408 g/mol. The van der Waals surface area contributed by atoms with Crippen molar-refractivity contribution in [2.45, 2.75) is 51.4 Å². The fourth-order valence-corrected chi connectivity index (χ4v) is 8.52. The SMILES string of the molecule is CC(C)(C)[Si](OCCC#CCCC1OCCO1)(c1ccccc1)c1ccccc1. The summed E-state index contributed by atoms with van der Waals surface area (Å²) in [5.41, 5.74) is 0. The molecular formula is C25H32O3Si. The molecule has 1 aliphatic heterocycles. The van der Waals surface area contributed by atoms with Gasteiger partial charge >= 0.3 is 0 Å². The molecule has 3 nitrogen and oxygen atoms in total. The molecule has 2 aromatic carbocycles. The van der Waals surface area contributed by atoms with Crippen LogP contribution in [0.1, 0.15) is 40.0 Å². The summed E-state index contributed by atoms with van der Waals surface area (Å²) in [5.74, 6) is 6.51. The zero-order valence-electron chi connectivity index (χ0n) is 17.8. The summed E-state index contributed by atoms with van der Waals surface area (Å²) in [6, 6.07) is 21.5. The Bertz CT molecular complexity index is 757. The van der Waals surface area contributed by atoms with Crippen molar-refractivity contribution in [2.75, 3.05) is 19.8 Å². The van der Waals surface area contributed by atoms with E-state index in [2.05, 4.69) is 93.3 Å². The van der Waals surface area contributed by atoms with Crippen molar-refractivity contribution >= 4 is 18.7 Å². The molecule has 4 heteroatoms. The number of hydrogen-bond donors (Lipinski definition) is 0. The first kappa shape index (κ1) is 21.8. The van der Waals surface area contributed by atoms with Crippen LogP contribution in [0.3, 0.4) is 0 Å². The largest absolute Gasteiger partial charge is 0.406 e. The van der Waals surface area contributed by atoms with Crippen LogP contribution in [-0.4, -0.2) is 34.4 Å². The summed E-state index contributed by atoms with van der Waals surface area (Å²) in [5, 5.41) is 2.62. The normalized spacial score (nSPS) is 15.1. The van der Waals surface area contributed by atoms with Crippen LogP contribution in [0.15, 0.2) is 60.7 Å². The summed E-state index contributed by atoms with van der Waals surface area (Å²) in [7, 11) is -2.45. The Morgan fingerprint density at radius 3 is 1.90 bits per heavy atom. The predicted octanol–water partition coefficient (Wildman–Crippen LogP) is 4.11. The third kappa shape index (κ3) is 5.37. The van der Waals surface area contributed by atoms with E-state index in [-0.39, 0.29) is 11.3 Å². The Morgan fingerprint density at radius 1 is 0.862 bits per heavy atom. The van der Waals surface area contributed by atoms with E-state index in [1.807, 2.05) is 0 Å². The molecule has 3 rings (SSSR count). The molecule has 0 atom stereocenters. The number of benzene rings is 2. The van der Waals surface area contributed by atoms with E-state index in [4.69, 9.17) is 13.9 Å². The standard InChI is InChI=1S/C25H32O3Si/c1-25(2,3)29(22-14-8-6-9-15-22,23-16-10-7-11-17-23)28-19-13-5-4-12-18-24-26-20-21-27-24/h6-11,14-17,24H,12-13,18-21H2,1-3H3. The highest BCUT2D eigenvalue weighted by molar-refractivity contribution is 6.99. The molecule has 1 heterocycles. The highest BCUT2D eigenvalue weighted by atomic mass is 28.4. The van der Waals surface area contributed by atoms with Crippen LogP contribution in [0.4, 0.5) is 0 Å². The van der Waals surface area contributed by atoms with E-state index in [9.17, 15) is 0 Å². The first-order valence-corrected chi connectivity index (χ1v) is 12.4. The van der Waals surface area contributed by atoms with Gasteiger partial charge in [-0.3, -0.25) is 0 Å². The second-order valence-electron chi connectivity index (χ2n) is 8.33. The summed E-state index contributed by atoms with van der Waals surface area (Å²) in [6.45, 7) is 8.93. The van der Waals surface area contributed by atoms with Gasteiger partial charge in [0.1, 0.15) is 0 Å². The maximum atomic E-state index is 6.83. The molecule has 0 unspecified atom stereocenters. The van der Waals surface area contributed by atoms with Crippen molar-refractivity contribution in [3.63, 3.8) is 0 Å². The first-order valence-electron chi connectivity index (χ1n) is 10.5. The van der Waals surface area contributed by atoms with E-state index in [1.165, 1.54) is 10.4 Å². The van der Waals surface area contributed by atoms with Crippen molar-refractivity contribution < 1.29 is 13.9 Å². The maximum absolute atomic E-state index is 6.83. The van der Waals surface area contributed by atoms with Crippen LogP contribution in [0.25, 0.3) is 0 Å². The van der Waals surface area contributed by atoms with Gasteiger partial charge in [-0.05, 0) is 15.4 Å². The molecular weight excluding hydrogens is 376 g/mol. The lowest BCUT2D eigenvalue weighted by Gasteiger charge is -2.43. The lowest BCUT2D eigenvalue weighted by Crippen LogP contribution is -2.66. The van der Waals surface area contributed by atoms with Gasteiger partial charge in [-0.15, -0.1) is 11.8 Å². The van der Waals surface area contributed by atoms with E-state index >= 15 is 0 Å². The van der Waals surface area contributed by atoms with Crippen molar-refractivity contribution in [1.29, 1.82) is 0 Å². The minimum Gasteiger partial charge on any atom is -0.406 e. The van der Waals surface area contributed by atoms with E-state index in [1.54, 1.807) is 0 Å². The summed E-state index contributed by atoms with van der Waals surface area (Å²) in [4.78, 5) is 0. The van der Waals surface area contributed by atoms with Gasteiger partial charge in [0.25, 0.3) is 8.32 Å². The van der Waals surface area contributed by atoms with Crippen molar-refractivity contribution in [1.82, 2.24) is 0 Å². The molecule has 0 aromatic heterocycles. The molecule has 29 heavy (non-hydrogen) atoms. The van der Waals surface area contributed by atoms with Gasteiger partial charge in [0.05, 0.1) is 13.2 Å². The molecule has 0 spiro atoms. The third-order valence-electron chi connectivity index (χ3n) is 5.28. The Kier molecular flexibility index (Phi) is 7.68. The topological polar surface area (TPSA) is 27.7 Å². The summed E-state index contributed by atoms with van der Waals surface area (Å²) < 4.78 is 17.7. The Balaban J connectivity index is 1.72. The highest BCUT2D eigenvalue weighted by Crippen LogP contribution is 2.36. The van der Waals surface area contributed by atoms with E-state index in [0.29, 0.717) is 19.8 Å². The zero-order valence-corrected chi connectivity index (χ0v) is 18.8. The Hall–Kier alpha value is -1.90. The maximum Gasteiger partial charge on any atom is 0.261 e. The highest BCUT2D eigenvalue weighted by Gasteiger charge is 2.49. The molecule has 1 aliphatic rings. The molecule has 1 fully saturated rings. The fourth-order valence-electron chi connectivity index (χ4n) is 3.96. The minimum absolute atomic E-state index is 0.000284. The van der Waals surface area contributed by atoms with Crippen LogP contribution in [0.5, 0.6) is 0 Å². The molecule has 0 aliphatic carbocycles. The zero-order chi connectivity index (χ0) is 20.6. The predicted molar refractivity (Wildman–Crippen MR) is 121 cm³/mol. The third-order valence-corrected chi connectivity index (χ3v) is 10.3. The molecule has 2 aromatic rings. The van der Waals surface area contributed by atoms with Crippen LogP contribution < -0.4 is 10.4 Å². The van der Waals surface area contributed by atoms with Gasteiger partial charge in [0, 0.05) is 25.9 Å². The number of ether oxygens (including phenoxy) is 2. The molecule has 0 amide bonds. The van der Waals surface area contributed by atoms with E-state index < -0.39 is 8.32 Å². The van der Waals surface area contributed by atoms with Crippen LogP contribution in [-0.2, 0) is 13.9 Å². The van der Waals surface area contributed by atoms with Gasteiger partial charge in [-0.2, -0.15) is 0 Å². The van der Waals surface area contributed by atoms with Crippen molar-refractivity contribution in [3.8, 4) is 11.8 Å². The first-order chi connectivity index (χ1) is 14.0. The average molecular weight is 409 g/mol. The molecule has 0 N–H and O–H groups in total. The lowest BCUT2D eigenvalue weighted by atomic mass is 10.2. The Labute approximate surface area is 176 Å². The van der Waals surface area contributed by atoms with Crippen LogP contribution >= 0.6 is 0 Å². The smallest absolute Gasteiger partial charge is 0.261 e. The van der Waals surface area contributed by atoms with Crippen LogP contribution in [0, 0.1) is 11.8 Å². The molecule has 1 saturated heterocycles. The van der Waals surface area contributed by atoms with Gasteiger partial charge in [-0.1, -0.05) is 81.4 Å². The second-order valence-corrected chi connectivity index (χ2v) is 12.6. The second kappa shape index (κ2) is 10.2. The molecule has 0 saturated carbocycles. The fraction of sp³-hybridized carbons (Fsp3) is 0.440. The summed E-state index contributed by atoms with van der Waals surface area (Å²) in [6.07, 6.45) is 2.29. The van der Waals surface area contributed by atoms with Crippen molar-refractivity contribution in [3.05, 3.63) is 60.7 Å². The molecule has 0 bridgehead atoms. The van der Waals surface area contributed by atoms with E-state index in [0.717, 1.165) is 19.3 Å². The van der Waals surface area contributed by atoms with Gasteiger partial charge in [-0.25, -0.2) is 0 Å². The number of hydrogen-bond acceptors (Lipinski definition) is 3. The Morgan fingerprint density at radius 2 is 1.38 bits per heavy atom. The van der Waals surface area contributed by atoms with Gasteiger partial charge in [0.2, 0.25) is 0 Å².